The lowest BCUT2D eigenvalue weighted by molar-refractivity contribution is -0.142. The second-order valence-electron chi connectivity index (χ2n) is 5.97. The number of sulfone groups is 1. The van der Waals surface area contributed by atoms with Crippen molar-refractivity contribution in [2.24, 2.45) is 5.41 Å². The topological polar surface area (TPSA) is 67.6 Å². The first-order chi connectivity index (χ1) is 8.70. The Balaban J connectivity index is 1.95. The molecule has 5 nitrogen and oxygen atoms in total. The van der Waals surface area contributed by atoms with Crippen LogP contribution in [0.4, 0.5) is 0 Å². The molecule has 0 aliphatic carbocycles. The fourth-order valence-corrected chi connectivity index (χ4v) is 3.63. The van der Waals surface area contributed by atoms with Crippen molar-refractivity contribution in [3.63, 3.8) is 0 Å². The van der Waals surface area contributed by atoms with Gasteiger partial charge >= 0.3 is 0 Å². The minimum atomic E-state index is -3.25. The van der Waals surface area contributed by atoms with Crippen molar-refractivity contribution >= 4 is 15.7 Å². The van der Waals surface area contributed by atoms with Gasteiger partial charge in [-0.1, -0.05) is 20.8 Å². The van der Waals surface area contributed by atoms with Crippen LogP contribution < -0.4 is 0 Å². The van der Waals surface area contributed by atoms with Gasteiger partial charge in [-0.05, 0) is 12.1 Å². The Labute approximate surface area is 113 Å². The van der Waals surface area contributed by atoms with E-state index in [1.807, 2.05) is 20.8 Å². The van der Waals surface area contributed by atoms with Gasteiger partial charge in [-0.15, -0.1) is 0 Å². The molecule has 0 bridgehead atoms. The Bertz CT molecular complexity index is 548. The van der Waals surface area contributed by atoms with Gasteiger partial charge < -0.3 is 9.32 Å². The number of nitrogens with zero attached hydrogens (tertiary/aromatic N) is 1. The predicted molar refractivity (Wildman–Crippen MR) is 71.2 cm³/mol. The molecule has 1 saturated heterocycles. The van der Waals surface area contributed by atoms with Crippen molar-refractivity contribution in [1.29, 1.82) is 0 Å². The van der Waals surface area contributed by atoms with Gasteiger partial charge in [0.05, 0.1) is 11.5 Å². The molecule has 0 N–H and O–H groups in total. The number of hydrogen-bond donors (Lipinski definition) is 0. The molecule has 2 rings (SSSR count). The molecule has 2 heterocycles. The van der Waals surface area contributed by atoms with Gasteiger partial charge in [0.1, 0.15) is 11.5 Å². The first kappa shape index (κ1) is 14.1. The number of likely N-dealkylation sites (tertiary alicyclic amines) is 1. The predicted octanol–water partition coefficient (Wildman–Crippen LogP) is 1.45. The standard InChI is InChI=1S/C13H19NO4S/c1-13(2,3)12(15)14-7-11(8-14)19(16,17)9-10-5-4-6-18-10/h4-6,11H,7-9H2,1-3H3. The third-order valence-corrected chi connectivity index (χ3v) is 5.21. The number of hydrogen-bond acceptors (Lipinski definition) is 4. The maximum absolute atomic E-state index is 12.1. The highest BCUT2D eigenvalue weighted by Crippen LogP contribution is 2.26. The van der Waals surface area contributed by atoms with Crippen LogP contribution in [-0.4, -0.2) is 37.6 Å². The van der Waals surface area contributed by atoms with Gasteiger partial charge in [0.25, 0.3) is 0 Å². The number of carbonyl (C=O) groups is 1. The Morgan fingerprint density at radius 3 is 2.53 bits per heavy atom. The molecule has 1 aliphatic heterocycles. The summed E-state index contributed by atoms with van der Waals surface area (Å²) in [7, 11) is -3.25. The van der Waals surface area contributed by atoms with E-state index in [2.05, 4.69) is 0 Å². The number of rotatable bonds is 3. The minimum absolute atomic E-state index is 0.00283. The van der Waals surface area contributed by atoms with E-state index in [4.69, 9.17) is 4.42 Å². The molecule has 19 heavy (non-hydrogen) atoms. The maximum atomic E-state index is 12.1. The molecule has 0 atom stereocenters. The van der Waals surface area contributed by atoms with Crippen molar-refractivity contribution in [2.75, 3.05) is 13.1 Å². The number of amides is 1. The molecule has 0 unspecified atom stereocenters. The lowest BCUT2D eigenvalue weighted by Gasteiger charge is -2.41. The molecular formula is C13H19NO4S. The van der Waals surface area contributed by atoms with Crippen LogP contribution >= 0.6 is 0 Å². The van der Waals surface area contributed by atoms with Gasteiger partial charge in [-0.25, -0.2) is 8.42 Å². The van der Waals surface area contributed by atoms with Gasteiger partial charge in [0, 0.05) is 18.5 Å². The number of carbonyl (C=O) groups excluding carboxylic acids is 1. The fourth-order valence-electron chi connectivity index (χ4n) is 2.02. The van der Waals surface area contributed by atoms with Crippen LogP contribution in [0.25, 0.3) is 0 Å². The summed E-state index contributed by atoms with van der Waals surface area (Å²) in [5.41, 5.74) is -0.463. The first-order valence-electron chi connectivity index (χ1n) is 6.23. The molecule has 0 spiro atoms. The molecule has 1 aliphatic rings. The monoisotopic (exact) mass is 285 g/mol. The summed E-state index contributed by atoms with van der Waals surface area (Å²) in [5.74, 6) is 0.347. The lowest BCUT2D eigenvalue weighted by atomic mass is 9.93. The van der Waals surface area contributed by atoms with Gasteiger partial charge in [0.2, 0.25) is 5.91 Å². The van der Waals surface area contributed by atoms with Gasteiger partial charge in [0.15, 0.2) is 9.84 Å². The van der Waals surface area contributed by atoms with Crippen molar-refractivity contribution < 1.29 is 17.6 Å². The van der Waals surface area contributed by atoms with Gasteiger partial charge in [-0.2, -0.15) is 0 Å². The largest absolute Gasteiger partial charge is 0.468 e. The summed E-state index contributed by atoms with van der Waals surface area (Å²) in [5, 5.41) is -0.469. The zero-order valence-corrected chi connectivity index (χ0v) is 12.2. The molecular weight excluding hydrogens is 266 g/mol. The fraction of sp³-hybridized carbons (Fsp3) is 0.615. The molecule has 1 aromatic heterocycles. The van der Waals surface area contributed by atoms with Gasteiger partial charge in [-0.3, -0.25) is 4.79 Å². The highest BCUT2D eigenvalue weighted by atomic mass is 32.2. The zero-order valence-electron chi connectivity index (χ0n) is 11.4. The Morgan fingerprint density at radius 1 is 1.42 bits per heavy atom. The molecule has 0 saturated carbocycles. The second-order valence-corrected chi connectivity index (χ2v) is 8.25. The summed E-state index contributed by atoms with van der Waals surface area (Å²) in [6.07, 6.45) is 1.46. The highest BCUT2D eigenvalue weighted by Gasteiger charge is 2.42. The smallest absolute Gasteiger partial charge is 0.228 e. The lowest BCUT2D eigenvalue weighted by Crippen LogP contribution is -2.59. The minimum Gasteiger partial charge on any atom is -0.468 e. The molecule has 0 radical (unpaired) electrons. The molecule has 1 amide bonds. The van der Waals surface area contributed by atoms with Crippen LogP contribution in [0.2, 0.25) is 0 Å². The highest BCUT2D eigenvalue weighted by molar-refractivity contribution is 7.91. The first-order valence-corrected chi connectivity index (χ1v) is 7.95. The quantitative estimate of drug-likeness (QED) is 0.843. The Hall–Kier alpha value is -1.30. The van der Waals surface area contributed by atoms with Crippen LogP contribution in [0.1, 0.15) is 26.5 Å². The van der Waals surface area contributed by atoms with Crippen molar-refractivity contribution in [3.8, 4) is 0 Å². The summed E-state index contributed by atoms with van der Waals surface area (Å²) in [6, 6.07) is 3.31. The van der Waals surface area contributed by atoms with Crippen molar-refractivity contribution in [3.05, 3.63) is 24.2 Å². The van der Waals surface area contributed by atoms with Crippen molar-refractivity contribution in [2.45, 2.75) is 31.8 Å². The van der Waals surface area contributed by atoms with E-state index in [1.54, 1.807) is 17.0 Å². The van der Waals surface area contributed by atoms with Crippen molar-refractivity contribution in [1.82, 2.24) is 4.90 Å². The maximum Gasteiger partial charge on any atom is 0.228 e. The summed E-state index contributed by atoms with van der Waals surface area (Å²) >= 11 is 0. The zero-order chi connectivity index (χ0) is 14.3. The summed E-state index contributed by atoms with van der Waals surface area (Å²) < 4.78 is 29.3. The van der Waals surface area contributed by atoms with E-state index in [9.17, 15) is 13.2 Å². The van der Waals surface area contributed by atoms with E-state index in [-0.39, 0.29) is 11.7 Å². The average molecular weight is 285 g/mol. The summed E-state index contributed by atoms with van der Waals surface area (Å²) in [6.45, 7) is 6.08. The summed E-state index contributed by atoms with van der Waals surface area (Å²) in [4.78, 5) is 13.6. The Kier molecular flexibility index (Phi) is 3.47. The van der Waals surface area contributed by atoms with E-state index in [0.29, 0.717) is 18.8 Å². The number of furan rings is 1. The molecule has 1 fully saturated rings. The normalized spacial score (nSPS) is 17.3. The SMILES string of the molecule is CC(C)(C)C(=O)N1CC(S(=O)(=O)Cc2ccco2)C1. The van der Waals surface area contributed by atoms with E-state index >= 15 is 0 Å². The third-order valence-electron chi connectivity index (χ3n) is 3.21. The molecule has 0 aromatic carbocycles. The van der Waals surface area contributed by atoms with Crippen LogP contribution in [0.5, 0.6) is 0 Å². The third kappa shape index (κ3) is 3.00. The van der Waals surface area contributed by atoms with E-state index in [0.717, 1.165) is 0 Å². The van der Waals surface area contributed by atoms with Crippen LogP contribution in [0.15, 0.2) is 22.8 Å². The average Bonchev–Trinajstić information content (AvgIpc) is 2.64. The molecule has 106 valence electrons. The van der Waals surface area contributed by atoms with E-state index in [1.165, 1.54) is 6.26 Å². The second kappa shape index (κ2) is 4.67. The molecule has 1 aromatic rings. The van der Waals surface area contributed by atoms with E-state index < -0.39 is 20.5 Å². The van der Waals surface area contributed by atoms with Crippen LogP contribution in [0, 0.1) is 5.41 Å². The Morgan fingerprint density at radius 2 is 2.05 bits per heavy atom. The molecule has 6 heteroatoms. The van der Waals surface area contributed by atoms with Crippen LogP contribution in [-0.2, 0) is 20.4 Å². The van der Waals surface area contributed by atoms with Crippen LogP contribution in [0.3, 0.4) is 0 Å².